The molecule has 1 aliphatic rings. The van der Waals surface area contributed by atoms with E-state index in [1.165, 1.54) is 0 Å². The third-order valence-electron chi connectivity index (χ3n) is 3.16. The Morgan fingerprint density at radius 3 is 2.82 bits per heavy atom. The first kappa shape index (κ1) is 13.7. The second kappa shape index (κ2) is 6.42. The molecule has 0 bridgehead atoms. The highest BCUT2D eigenvalue weighted by Gasteiger charge is 2.33. The van der Waals surface area contributed by atoms with Crippen LogP contribution in [0, 0.1) is 11.8 Å². The van der Waals surface area contributed by atoms with Crippen LogP contribution in [0.4, 0.5) is 0 Å². The molecular formula is C13H21NO3. The van der Waals surface area contributed by atoms with Crippen LogP contribution in [0.1, 0.15) is 39.5 Å². The molecule has 2 atom stereocenters. The van der Waals surface area contributed by atoms with E-state index in [9.17, 15) is 9.59 Å². The van der Waals surface area contributed by atoms with Gasteiger partial charge < -0.3 is 10.5 Å². The number of hydrogen-bond acceptors (Lipinski definition) is 3. The zero-order valence-corrected chi connectivity index (χ0v) is 10.6. The number of carbonyl (C=O) groups excluding carboxylic acids is 2. The number of nitrogens with two attached hydrogens (primary N) is 1. The van der Waals surface area contributed by atoms with E-state index in [2.05, 4.69) is 0 Å². The Morgan fingerprint density at radius 1 is 1.53 bits per heavy atom. The normalized spacial score (nSPS) is 24.0. The van der Waals surface area contributed by atoms with Gasteiger partial charge in [-0.1, -0.05) is 26.3 Å². The molecule has 0 aromatic rings. The van der Waals surface area contributed by atoms with Crippen LogP contribution in [0.15, 0.2) is 11.6 Å². The second-order valence-electron chi connectivity index (χ2n) is 4.58. The van der Waals surface area contributed by atoms with Crippen LogP contribution < -0.4 is 5.73 Å². The summed E-state index contributed by atoms with van der Waals surface area (Å²) >= 11 is 0. The first-order valence-corrected chi connectivity index (χ1v) is 6.24. The standard InChI is InChI=1S/C13H21NO3/c1-3-4-8-17-13(16)10-7-5-6-9(2)11(10)12(14)15/h7,9,11H,3-6,8H2,1-2H3,(H2,14,15). The third kappa shape index (κ3) is 3.58. The Morgan fingerprint density at radius 2 is 2.24 bits per heavy atom. The van der Waals surface area contributed by atoms with Gasteiger partial charge in [-0.2, -0.15) is 0 Å². The highest BCUT2D eigenvalue weighted by Crippen LogP contribution is 2.30. The molecule has 0 saturated carbocycles. The van der Waals surface area contributed by atoms with Crippen LogP contribution in [0.3, 0.4) is 0 Å². The molecule has 4 nitrogen and oxygen atoms in total. The van der Waals surface area contributed by atoms with Crippen molar-refractivity contribution in [1.82, 2.24) is 0 Å². The first-order chi connectivity index (χ1) is 8.07. The Kier molecular flexibility index (Phi) is 5.19. The quantitative estimate of drug-likeness (QED) is 0.587. The van der Waals surface area contributed by atoms with E-state index in [-0.39, 0.29) is 11.9 Å². The molecule has 0 aromatic heterocycles. The van der Waals surface area contributed by atoms with Crippen molar-refractivity contribution in [1.29, 1.82) is 0 Å². The van der Waals surface area contributed by atoms with Gasteiger partial charge in [0.2, 0.25) is 5.91 Å². The Hall–Kier alpha value is -1.32. The van der Waals surface area contributed by atoms with Crippen LogP contribution in [0.2, 0.25) is 0 Å². The first-order valence-electron chi connectivity index (χ1n) is 6.24. The lowest BCUT2D eigenvalue weighted by atomic mass is 9.79. The fraction of sp³-hybridized carbons (Fsp3) is 0.692. The SMILES string of the molecule is CCCCOC(=O)C1=CCCC(C)C1C(N)=O. The number of hydrogen-bond donors (Lipinski definition) is 1. The summed E-state index contributed by atoms with van der Waals surface area (Å²) in [5, 5.41) is 0. The van der Waals surface area contributed by atoms with E-state index in [4.69, 9.17) is 10.5 Å². The van der Waals surface area contributed by atoms with Crippen molar-refractivity contribution in [2.24, 2.45) is 17.6 Å². The second-order valence-corrected chi connectivity index (χ2v) is 4.58. The van der Waals surface area contributed by atoms with Crippen LogP contribution in [0.25, 0.3) is 0 Å². The maximum atomic E-state index is 11.8. The minimum Gasteiger partial charge on any atom is -0.462 e. The number of rotatable bonds is 5. The minimum absolute atomic E-state index is 0.117. The van der Waals surface area contributed by atoms with Crippen molar-refractivity contribution in [3.05, 3.63) is 11.6 Å². The van der Waals surface area contributed by atoms with Gasteiger partial charge in [-0.25, -0.2) is 4.79 Å². The average Bonchev–Trinajstić information content (AvgIpc) is 2.28. The van der Waals surface area contributed by atoms with Gasteiger partial charge in [-0.3, -0.25) is 4.79 Å². The minimum atomic E-state index is -0.488. The summed E-state index contributed by atoms with van der Waals surface area (Å²) in [5.41, 5.74) is 5.80. The van der Waals surface area contributed by atoms with Crippen molar-refractivity contribution in [2.45, 2.75) is 39.5 Å². The molecule has 17 heavy (non-hydrogen) atoms. The van der Waals surface area contributed by atoms with E-state index < -0.39 is 11.8 Å². The number of carbonyl (C=O) groups is 2. The van der Waals surface area contributed by atoms with Crippen LogP contribution >= 0.6 is 0 Å². The maximum absolute atomic E-state index is 11.8. The Labute approximate surface area is 102 Å². The lowest BCUT2D eigenvalue weighted by molar-refractivity contribution is -0.141. The summed E-state index contributed by atoms with van der Waals surface area (Å²) in [6, 6.07) is 0. The largest absolute Gasteiger partial charge is 0.462 e. The summed E-state index contributed by atoms with van der Waals surface area (Å²) in [7, 11) is 0. The zero-order valence-electron chi connectivity index (χ0n) is 10.6. The van der Waals surface area contributed by atoms with E-state index in [1.807, 2.05) is 13.8 Å². The third-order valence-corrected chi connectivity index (χ3v) is 3.16. The lowest BCUT2D eigenvalue weighted by Crippen LogP contribution is -2.35. The predicted octanol–water partition coefficient (Wildman–Crippen LogP) is 1.79. The monoisotopic (exact) mass is 239 g/mol. The van der Waals surface area contributed by atoms with Gasteiger partial charge >= 0.3 is 5.97 Å². The highest BCUT2D eigenvalue weighted by molar-refractivity contribution is 5.97. The zero-order chi connectivity index (χ0) is 12.8. The molecule has 1 aliphatic carbocycles. The summed E-state index contributed by atoms with van der Waals surface area (Å²) in [5.74, 6) is -1.19. The van der Waals surface area contributed by atoms with Crippen molar-refractivity contribution in [3.8, 4) is 0 Å². The Balaban J connectivity index is 2.69. The number of esters is 1. The van der Waals surface area contributed by atoms with Gasteiger partial charge in [0.05, 0.1) is 12.5 Å². The van der Waals surface area contributed by atoms with Gasteiger partial charge in [0, 0.05) is 5.57 Å². The van der Waals surface area contributed by atoms with E-state index in [1.54, 1.807) is 6.08 Å². The average molecular weight is 239 g/mol. The number of ether oxygens (including phenoxy) is 1. The molecule has 0 heterocycles. The smallest absolute Gasteiger partial charge is 0.334 e. The van der Waals surface area contributed by atoms with Crippen LogP contribution in [0.5, 0.6) is 0 Å². The maximum Gasteiger partial charge on any atom is 0.334 e. The summed E-state index contributed by atoms with van der Waals surface area (Å²) in [6.45, 7) is 4.39. The fourth-order valence-electron chi connectivity index (χ4n) is 2.14. The molecular weight excluding hydrogens is 218 g/mol. The summed E-state index contributed by atoms with van der Waals surface area (Å²) in [6.07, 6.45) is 5.31. The number of allylic oxidation sites excluding steroid dienone is 1. The van der Waals surface area contributed by atoms with Gasteiger partial charge in [-0.05, 0) is 25.2 Å². The molecule has 0 spiro atoms. The topological polar surface area (TPSA) is 69.4 Å². The molecule has 0 aliphatic heterocycles. The van der Waals surface area contributed by atoms with Crippen molar-refractivity contribution < 1.29 is 14.3 Å². The molecule has 1 amide bonds. The van der Waals surface area contributed by atoms with E-state index >= 15 is 0 Å². The number of unbranched alkanes of at least 4 members (excludes halogenated alkanes) is 1. The molecule has 2 unspecified atom stereocenters. The summed E-state index contributed by atoms with van der Waals surface area (Å²) < 4.78 is 5.14. The molecule has 0 radical (unpaired) electrons. The van der Waals surface area contributed by atoms with E-state index in [0.29, 0.717) is 12.2 Å². The van der Waals surface area contributed by atoms with Gasteiger partial charge in [-0.15, -0.1) is 0 Å². The number of primary amides is 1. The van der Waals surface area contributed by atoms with Crippen molar-refractivity contribution >= 4 is 11.9 Å². The van der Waals surface area contributed by atoms with Crippen LogP contribution in [-0.2, 0) is 14.3 Å². The molecule has 0 aromatic carbocycles. The van der Waals surface area contributed by atoms with Gasteiger partial charge in [0.25, 0.3) is 0 Å². The molecule has 1 rings (SSSR count). The molecule has 4 heteroatoms. The van der Waals surface area contributed by atoms with Crippen molar-refractivity contribution in [3.63, 3.8) is 0 Å². The molecule has 2 N–H and O–H groups in total. The Bertz CT molecular complexity index is 323. The van der Waals surface area contributed by atoms with Crippen molar-refractivity contribution in [2.75, 3.05) is 6.61 Å². The summed E-state index contributed by atoms with van der Waals surface area (Å²) in [4.78, 5) is 23.2. The number of amides is 1. The fourth-order valence-corrected chi connectivity index (χ4v) is 2.14. The van der Waals surface area contributed by atoms with Crippen LogP contribution in [-0.4, -0.2) is 18.5 Å². The van der Waals surface area contributed by atoms with Gasteiger partial charge in [0.1, 0.15) is 0 Å². The predicted molar refractivity (Wildman–Crippen MR) is 65.0 cm³/mol. The molecule has 96 valence electrons. The van der Waals surface area contributed by atoms with Gasteiger partial charge in [0.15, 0.2) is 0 Å². The highest BCUT2D eigenvalue weighted by atomic mass is 16.5. The van der Waals surface area contributed by atoms with E-state index in [0.717, 1.165) is 25.7 Å². The molecule has 0 saturated heterocycles. The lowest BCUT2D eigenvalue weighted by Gasteiger charge is -2.26. The molecule has 0 fully saturated rings.